The first-order valence-electron chi connectivity index (χ1n) is 5.13. The van der Waals surface area contributed by atoms with E-state index in [1.807, 2.05) is 0 Å². The Morgan fingerprint density at radius 3 is 2.14 bits per heavy atom. The Hall–Kier alpha value is 1.44. The molecule has 0 bridgehead atoms. The van der Waals surface area contributed by atoms with E-state index in [4.69, 9.17) is 33.2 Å². The minimum Gasteiger partial charge on any atom is -0.179 e. The van der Waals surface area contributed by atoms with Crippen molar-refractivity contribution in [3.63, 3.8) is 0 Å². The molecule has 14 heavy (non-hydrogen) atoms. The first-order valence-corrected chi connectivity index (χ1v) is 11.0. The predicted octanol–water partition coefficient (Wildman–Crippen LogP) is 5.16. The lowest BCUT2D eigenvalue weighted by Gasteiger charge is -2.14. The van der Waals surface area contributed by atoms with Crippen LogP contribution in [0.2, 0.25) is 6.04 Å². The second-order valence-electron chi connectivity index (χ2n) is 3.85. The van der Waals surface area contributed by atoms with Crippen molar-refractivity contribution < 1.29 is 0 Å². The third-order valence-corrected chi connectivity index (χ3v) is 5.05. The van der Waals surface area contributed by atoms with Crippen molar-refractivity contribution in [2.45, 2.75) is 45.1 Å². The van der Waals surface area contributed by atoms with Crippen LogP contribution >= 0.6 is 45.9 Å². The number of thiol groups is 1. The van der Waals surface area contributed by atoms with Gasteiger partial charge in [0, 0.05) is 0 Å². The molecule has 0 spiro atoms. The number of rotatable bonds is 8. The van der Waals surface area contributed by atoms with Gasteiger partial charge in [0.05, 0.1) is 0 Å². The summed E-state index contributed by atoms with van der Waals surface area (Å²) in [6.07, 6.45) is 6.22. The summed E-state index contributed by atoms with van der Waals surface area (Å²) >= 11 is 21.7. The second-order valence-corrected chi connectivity index (χ2v) is 13.5. The topological polar surface area (TPSA) is 0 Å². The average molecular weight is 294 g/mol. The van der Waals surface area contributed by atoms with Gasteiger partial charge in [-0.25, -0.2) is 0 Å². The fourth-order valence-electron chi connectivity index (χ4n) is 1.46. The Morgan fingerprint density at radius 1 is 1.07 bits per heavy atom. The maximum atomic E-state index is 5.85. The quantitative estimate of drug-likeness (QED) is 0.272. The van der Waals surface area contributed by atoms with Gasteiger partial charge in [0.1, 0.15) is 0 Å². The van der Waals surface area contributed by atoms with Gasteiger partial charge in [-0.2, -0.15) is 12.6 Å². The maximum absolute atomic E-state index is 5.85. The molecule has 0 nitrogen and oxygen atoms in total. The third-order valence-electron chi connectivity index (χ3n) is 2.18. The Balaban J connectivity index is 3.31. The van der Waals surface area contributed by atoms with Crippen LogP contribution in [0, 0.1) is 5.92 Å². The number of unbranched alkanes of at least 4 members (excludes halogenated alkanes) is 3. The van der Waals surface area contributed by atoms with Crippen molar-refractivity contribution in [3.05, 3.63) is 0 Å². The lowest BCUT2D eigenvalue weighted by Crippen LogP contribution is -2.13. The fraction of sp³-hybridized carbons (Fsp3) is 1.00. The highest BCUT2D eigenvalue weighted by molar-refractivity contribution is 7.80. The molecule has 86 valence electrons. The van der Waals surface area contributed by atoms with E-state index in [1.54, 1.807) is 0 Å². The zero-order chi connectivity index (χ0) is 11.0. The molecule has 0 rings (SSSR count). The number of hydrogen-bond donors (Lipinski definition) is 1. The van der Waals surface area contributed by atoms with E-state index in [9.17, 15) is 0 Å². The molecule has 0 aliphatic heterocycles. The fourth-order valence-corrected chi connectivity index (χ4v) is 5.04. The Bertz CT molecular complexity index is 139. The second kappa shape index (κ2) is 8.57. The van der Waals surface area contributed by atoms with Crippen molar-refractivity contribution in [1.29, 1.82) is 0 Å². The molecular weight excluding hydrogens is 275 g/mol. The van der Waals surface area contributed by atoms with E-state index < -0.39 is 6.00 Å². The molecule has 0 aliphatic rings. The van der Waals surface area contributed by atoms with Crippen LogP contribution in [-0.4, -0.2) is 11.8 Å². The molecule has 0 aromatic heterocycles. The van der Waals surface area contributed by atoms with Gasteiger partial charge in [-0.15, -0.1) is 33.2 Å². The summed E-state index contributed by atoms with van der Waals surface area (Å²) in [5.41, 5.74) is 0. The van der Waals surface area contributed by atoms with Gasteiger partial charge < -0.3 is 0 Å². The summed E-state index contributed by atoms with van der Waals surface area (Å²) in [7, 11) is 0. The molecule has 0 aromatic rings. The SMILES string of the molecule is CC(CCCCCCS)C[Si](Cl)(Cl)Cl. The molecule has 1 atom stereocenters. The first kappa shape index (κ1) is 15.4. The Morgan fingerprint density at radius 2 is 1.64 bits per heavy atom. The largest absolute Gasteiger partial charge is 0.341 e. The highest BCUT2D eigenvalue weighted by Gasteiger charge is 2.27. The summed E-state index contributed by atoms with van der Waals surface area (Å²) in [6, 6.07) is -1.60. The molecule has 5 heteroatoms. The van der Waals surface area contributed by atoms with Crippen LogP contribution < -0.4 is 0 Å². The normalized spacial score (nSPS) is 14.4. The lowest BCUT2D eigenvalue weighted by atomic mass is 10.0. The van der Waals surface area contributed by atoms with E-state index in [0.29, 0.717) is 5.92 Å². The summed E-state index contributed by atoms with van der Waals surface area (Å²) in [5, 5.41) is 0. The maximum Gasteiger partial charge on any atom is 0.341 e. The van der Waals surface area contributed by atoms with Gasteiger partial charge in [0.25, 0.3) is 0 Å². The number of halogens is 3. The van der Waals surface area contributed by atoms with Gasteiger partial charge >= 0.3 is 6.00 Å². The molecule has 0 N–H and O–H groups in total. The van der Waals surface area contributed by atoms with Crippen LogP contribution in [0.15, 0.2) is 0 Å². The first-order chi connectivity index (χ1) is 6.45. The highest BCUT2D eigenvalue weighted by Crippen LogP contribution is 2.31. The molecule has 0 aromatic carbocycles. The summed E-state index contributed by atoms with van der Waals surface area (Å²) in [6.45, 7) is 2.17. The van der Waals surface area contributed by atoms with Crippen LogP contribution in [-0.2, 0) is 0 Å². The lowest BCUT2D eigenvalue weighted by molar-refractivity contribution is 0.524. The van der Waals surface area contributed by atoms with Crippen molar-refractivity contribution in [3.8, 4) is 0 Å². The zero-order valence-electron chi connectivity index (χ0n) is 8.61. The monoisotopic (exact) mass is 292 g/mol. The molecule has 0 saturated carbocycles. The van der Waals surface area contributed by atoms with E-state index in [-0.39, 0.29) is 0 Å². The van der Waals surface area contributed by atoms with Crippen LogP contribution in [0.5, 0.6) is 0 Å². The van der Waals surface area contributed by atoms with Gasteiger partial charge in [-0.1, -0.05) is 32.6 Å². The molecule has 0 heterocycles. The molecule has 0 radical (unpaired) electrons. The Labute approximate surface area is 108 Å². The minimum absolute atomic E-state index is 0.560. The van der Waals surface area contributed by atoms with E-state index in [2.05, 4.69) is 19.6 Å². The number of hydrogen-bond acceptors (Lipinski definition) is 1. The van der Waals surface area contributed by atoms with Gasteiger partial charge in [0.2, 0.25) is 0 Å². The predicted molar refractivity (Wildman–Crippen MR) is 74.2 cm³/mol. The molecule has 0 amide bonds. The zero-order valence-corrected chi connectivity index (χ0v) is 12.8. The third kappa shape index (κ3) is 11.5. The van der Waals surface area contributed by atoms with Crippen molar-refractivity contribution >= 4 is 51.9 Å². The van der Waals surface area contributed by atoms with E-state index in [1.165, 1.54) is 32.1 Å². The standard InChI is InChI=1S/C9H19Cl3SSi/c1-9(8-14(10,11)12)6-4-2-3-5-7-13/h9,13H,2-8H2,1H3. The minimum atomic E-state index is -2.39. The van der Waals surface area contributed by atoms with E-state index in [0.717, 1.165) is 11.8 Å². The molecule has 0 fully saturated rings. The summed E-state index contributed by atoms with van der Waals surface area (Å²) in [4.78, 5) is 0. The van der Waals surface area contributed by atoms with Crippen LogP contribution in [0.4, 0.5) is 0 Å². The highest BCUT2D eigenvalue weighted by atomic mass is 35.8. The Kier molecular flexibility index (Phi) is 9.45. The molecular formula is C9H19Cl3SSi. The van der Waals surface area contributed by atoms with Crippen LogP contribution in [0.25, 0.3) is 0 Å². The smallest absolute Gasteiger partial charge is 0.179 e. The molecule has 0 aliphatic carbocycles. The molecule has 0 saturated heterocycles. The van der Waals surface area contributed by atoms with Gasteiger partial charge in [0.15, 0.2) is 0 Å². The van der Waals surface area contributed by atoms with Crippen LogP contribution in [0.1, 0.15) is 39.0 Å². The van der Waals surface area contributed by atoms with Crippen LogP contribution in [0.3, 0.4) is 0 Å². The van der Waals surface area contributed by atoms with Crippen molar-refractivity contribution in [1.82, 2.24) is 0 Å². The average Bonchev–Trinajstić information content (AvgIpc) is 2.00. The van der Waals surface area contributed by atoms with E-state index >= 15 is 0 Å². The summed E-state index contributed by atoms with van der Waals surface area (Å²) < 4.78 is 0. The van der Waals surface area contributed by atoms with Gasteiger partial charge in [-0.05, 0) is 24.1 Å². The molecule has 1 unspecified atom stereocenters. The van der Waals surface area contributed by atoms with Crippen molar-refractivity contribution in [2.75, 3.05) is 5.75 Å². The van der Waals surface area contributed by atoms with Gasteiger partial charge in [-0.3, -0.25) is 0 Å². The summed E-state index contributed by atoms with van der Waals surface area (Å²) in [5.74, 6) is 1.56. The van der Waals surface area contributed by atoms with Crippen molar-refractivity contribution in [2.24, 2.45) is 5.92 Å².